The number of thioether (sulfide) groups is 1. The van der Waals surface area contributed by atoms with Crippen molar-refractivity contribution in [1.29, 1.82) is 5.26 Å². The van der Waals surface area contributed by atoms with Crippen LogP contribution in [0.25, 0.3) is 0 Å². The van der Waals surface area contributed by atoms with Gasteiger partial charge in [-0.3, -0.25) is 14.5 Å². The molecule has 5 nitrogen and oxygen atoms in total. The lowest BCUT2D eigenvalue weighted by molar-refractivity contribution is -0.117. The molecule has 0 bridgehead atoms. The highest BCUT2D eigenvalue weighted by Gasteiger charge is 2.40. The number of benzene rings is 2. The minimum Gasteiger partial charge on any atom is -0.365 e. The number of nitriles is 1. The molecule has 136 valence electrons. The van der Waals surface area contributed by atoms with Gasteiger partial charge in [0.05, 0.1) is 5.25 Å². The van der Waals surface area contributed by atoms with Crippen molar-refractivity contribution >= 4 is 52.5 Å². The minimum atomic E-state index is -0.879. The summed E-state index contributed by atoms with van der Waals surface area (Å²) in [5.41, 5.74) is 6.48. The molecule has 0 aliphatic carbocycles. The molecule has 1 saturated heterocycles. The van der Waals surface area contributed by atoms with Crippen LogP contribution in [-0.4, -0.2) is 17.1 Å². The van der Waals surface area contributed by atoms with Crippen LogP contribution in [0.5, 0.6) is 0 Å². The number of anilines is 1. The Hall–Kier alpha value is -2.46. The van der Waals surface area contributed by atoms with Crippen LogP contribution in [0.2, 0.25) is 10.0 Å². The highest BCUT2D eigenvalue weighted by atomic mass is 35.5. The van der Waals surface area contributed by atoms with Gasteiger partial charge in [0.2, 0.25) is 5.91 Å². The molecule has 1 atom stereocenters. The summed E-state index contributed by atoms with van der Waals surface area (Å²) in [4.78, 5) is 26.1. The van der Waals surface area contributed by atoms with E-state index in [0.29, 0.717) is 22.2 Å². The molecule has 1 heterocycles. The minimum absolute atomic E-state index is 0.226. The first-order valence-electron chi connectivity index (χ1n) is 7.85. The van der Waals surface area contributed by atoms with Gasteiger partial charge in [-0.1, -0.05) is 47.1 Å². The summed E-state index contributed by atoms with van der Waals surface area (Å²) < 4.78 is 0. The van der Waals surface area contributed by atoms with E-state index in [1.807, 2.05) is 12.1 Å². The molecule has 27 heavy (non-hydrogen) atoms. The van der Waals surface area contributed by atoms with Gasteiger partial charge < -0.3 is 5.73 Å². The van der Waals surface area contributed by atoms with Gasteiger partial charge >= 0.3 is 0 Å². The Morgan fingerprint density at radius 1 is 1.19 bits per heavy atom. The zero-order valence-electron chi connectivity index (χ0n) is 13.9. The fraction of sp³-hybridized carbons (Fsp3) is 0.105. The van der Waals surface area contributed by atoms with Crippen molar-refractivity contribution in [2.45, 2.75) is 11.7 Å². The van der Waals surface area contributed by atoms with E-state index in [1.54, 1.807) is 42.5 Å². The number of rotatable bonds is 4. The van der Waals surface area contributed by atoms with Crippen molar-refractivity contribution in [1.82, 2.24) is 0 Å². The predicted molar refractivity (Wildman–Crippen MR) is 107 cm³/mol. The number of nitrogens with zero attached hydrogens (tertiary/aromatic N) is 2. The Morgan fingerprint density at radius 3 is 2.48 bits per heavy atom. The summed E-state index contributed by atoms with van der Waals surface area (Å²) in [6, 6.07) is 15.6. The van der Waals surface area contributed by atoms with Crippen LogP contribution in [0, 0.1) is 11.3 Å². The van der Waals surface area contributed by atoms with Gasteiger partial charge in [0, 0.05) is 15.7 Å². The number of carbonyl (C=O) groups excluding carboxylic acids is 2. The van der Waals surface area contributed by atoms with Crippen LogP contribution in [0.1, 0.15) is 5.56 Å². The molecule has 0 saturated carbocycles. The van der Waals surface area contributed by atoms with Crippen molar-refractivity contribution < 1.29 is 9.59 Å². The smallest absolute Gasteiger partial charge is 0.262 e. The van der Waals surface area contributed by atoms with Gasteiger partial charge in [-0.15, -0.1) is 0 Å². The fourth-order valence-corrected chi connectivity index (χ4v) is 4.36. The number of hydrogen-bond donors (Lipinski definition) is 1. The van der Waals surface area contributed by atoms with E-state index in [0.717, 1.165) is 17.3 Å². The standard InChI is InChI=1S/C19H13Cl2N3O2S/c20-12-4-6-14(7-5-12)24-18(26)16(9-11-2-1-3-13(21)8-11)27-19(24)15(10-22)17(23)25/h1-8,16H,9H2,(H2,23,25)/b19-15-/t16-/m0/s1. The molecular weight excluding hydrogens is 405 g/mol. The third-order valence-electron chi connectivity index (χ3n) is 3.92. The third kappa shape index (κ3) is 4.11. The third-order valence-corrected chi connectivity index (χ3v) is 5.67. The van der Waals surface area contributed by atoms with Gasteiger partial charge in [0.1, 0.15) is 16.7 Å². The summed E-state index contributed by atoms with van der Waals surface area (Å²) in [6.07, 6.45) is 0.398. The van der Waals surface area contributed by atoms with Gasteiger partial charge in [-0.05, 0) is 48.4 Å². The molecule has 0 aromatic heterocycles. The number of hydrogen-bond acceptors (Lipinski definition) is 4. The van der Waals surface area contributed by atoms with Crippen LogP contribution in [-0.2, 0) is 16.0 Å². The van der Waals surface area contributed by atoms with Crippen LogP contribution >= 0.6 is 35.0 Å². The van der Waals surface area contributed by atoms with Gasteiger partial charge in [0.25, 0.3) is 5.91 Å². The summed E-state index contributed by atoms with van der Waals surface area (Å²) >= 11 is 13.1. The lowest BCUT2D eigenvalue weighted by atomic mass is 10.1. The molecule has 8 heteroatoms. The second-order valence-corrected chi connectivity index (χ2v) is 7.81. The average molecular weight is 418 g/mol. The molecule has 0 unspecified atom stereocenters. The average Bonchev–Trinajstić information content (AvgIpc) is 2.92. The molecule has 0 spiro atoms. The summed E-state index contributed by atoms with van der Waals surface area (Å²) in [7, 11) is 0. The molecule has 2 aromatic rings. The van der Waals surface area contributed by atoms with Crippen LogP contribution in [0.4, 0.5) is 5.69 Å². The molecule has 2 aromatic carbocycles. The van der Waals surface area contributed by atoms with E-state index < -0.39 is 11.2 Å². The van der Waals surface area contributed by atoms with Crippen molar-refractivity contribution in [2.75, 3.05) is 4.90 Å². The fourth-order valence-electron chi connectivity index (χ4n) is 2.70. The van der Waals surface area contributed by atoms with Crippen LogP contribution < -0.4 is 10.6 Å². The second kappa shape index (κ2) is 8.05. The molecule has 1 aliphatic rings. The first-order chi connectivity index (χ1) is 12.9. The van der Waals surface area contributed by atoms with Gasteiger partial charge in [-0.2, -0.15) is 5.26 Å². The number of carbonyl (C=O) groups is 2. The maximum Gasteiger partial charge on any atom is 0.262 e. The number of nitrogens with two attached hydrogens (primary N) is 1. The molecular formula is C19H13Cl2N3O2S. The second-order valence-electron chi connectivity index (χ2n) is 5.75. The van der Waals surface area contributed by atoms with Crippen LogP contribution in [0.3, 0.4) is 0 Å². The Kier molecular flexibility index (Phi) is 5.76. The Bertz CT molecular complexity index is 983. The molecule has 2 N–H and O–H groups in total. The van der Waals surface area contributed by atoms with E-state index in [-0.39, 0.29) is 16.5 Å². The van der Waals surface area contributed by atoms with Gasteiger partial charge in [-0.25, -0.2) is 0 Å². The zero-order chi connectivity index (χ0) is 19.6. The van der Waals surface area contributed by atoms with E-state index >= 15 is 0 Å². The topological polar surface area (TPSA) is 87.2 Å². The molecule has 1 fully saturated rings. The number of primary amides is 1. The first-order valence-corrected chi connectivity index (χ1v) is 9.49. The monoisotopic (exact) mass is 417 g/mol. The number of amides is 2. The summed E-state index contributed by atoms with van der Waals surface area (Å²) in [6.45, 7) is 0. The van der Waals surface area contributed by atoms with Crippen molar-refractivity contribution in [2.24, 2.45) is 5.73 Å². The normalized spacial score (nSPS) is 18.3. The molecule has 3 rings (SSSR count). The van der Waals surface area contributed by atoms with Crippen molar-refractivity contribution in [3.63, 3.8) is 0 Å². The highest BCUT2D eigenvalue weighted by Crippen LogP contribution is 2.42. The summed E-state index contributed by atoms with van der Waals surface area (Å²) in [5, 5.41) is 10.2. The van der Waals surface area contributed by atoms with E-state index in [9.17, 15) is 14.9 Å². The zero-order valence-corrected chi connectivity index (χ0v) is 16.2. The number of halogens is 2. The van der Waals surface area contributed by atoms with Crippen molar-refractivity contribution in [3.8, 4) is 6.07 Å². The maximum absolute atomic E-state index is 13.1. The van der Waals surface area contributed by atoms with Crippen molar-refractivity contribution in [3.05, 3.63) is 74.7 Å². The maximum atomic E-state index is 13.1. The van der Waals surface area contributed by atoms with E-state index in [1.165, 1.54) is 4.90 Å². The Labute approximate surface area is 170 Å². The summed E-state index contributed by atoms with van der Waals surface area (Å²) in [5.74, 6) is -1.12. The predicted octanol–water partition coefficient (Wildman–Crippen LogP) is 3.90. The Balaban J connectivity index is 2.03. The Morgan fingerprint density at radius 2 is 1.89 bits per heavy atom. The lowest BCUT2D eigenvalue weighted by Crippen LogP contribution is -2.31. The first kappa shape index (κ1) is 19.3. The highest BCUT2D eigenvalue weighted by molar-refractivity contribution is 8.05. The quantitative estimate of drug-likeness (QED) is 0.603. The van der Waals surface area contributed by atoms with Crippen LogP contribution in [0.15, 0.2) is 59.1 Å². The van der Waals surface area contributed by atoms with Gasteiger partial charge in [0.15, 0.2) is 0 Å². The molecule has 0 radical (unpaired) electrons. The van der Waals surface area contributed by atoms with E-state index in [4.69, 9.17) is 28.9 Å². The molecule has 1 aliphatic heterocycles. The largest absolute Gasteiger partial charge is 0.365 e. The van der Waals surface area contributed by atoms with E-state index in [2.05, 4.69) is 0 Å². The molecule has 2 amide bonds. The lowest BCUT2D eigenvalue weighted by Gasteiger charge is -2.18. The SMILES string of the molecule is N#C/C(C(N)=O)=C1/S[C@@H](Cc2cccc(Cl)c2)C(=O)N1c1ccc(Cl)cc1.